The molecular weight excluding hydrogens is 366 g/mol. The molecule has 1 unspecified atom stereocenters. The number of hydrogen-bond donors (Lipinski definition) is 2. The molecule has 9 heteroatoms. The number of likely N-dealkylation sites (tertiary alicyclic amines) is 2. The average Bonchev–Trinajstić information content (AvgIpc) is 3.10. The highest BCUT2D eigenvalue weighted by Crippen LogP contribution is 2.39. The van der Waals surface area contributed by atoms with Crippen molar-refractivity contribution in [3.63, 3.8) is 0 Å². The van der Waals surface area contributed by atoms with Crippen molar-refractivity contribution in [2.45, 2.75) is 31.2 Å². The molecule has 28 heavy (non-hydrogen) atoms. The molecule has 1 atom stereocenters. The van der Waals surface area contributed by atoms with Gasteiger partial charge < -0.3 is 29.7 Å². The highest BCUT2D eigenvalue weighted by Gasteiger charge is 2.53. The number of carbonyl (C=O) groups is 3. The van der Waals surface area contributed by atoms with Crippen molar-refractivity contribution in [1.82, 2.24) is 9.80 Å². The van der Waals surface area contributed by atoms with Crippen molar-refractivity contribution in [2.75, 3.05) is 39.2 Å². The Morgan fingerprint density at radius 3 is 2.54 bits per heavy atom. The minimum Gasteiger partial charge on any atom is -0.497 e. The van der Waals surface area contributed by atoms with E-state index in [1.165, 1.54) is 12.0 Å². The van der Waals surface area contributed by atoms with Gasteiger partial charge in [0, 0.05) is 19.2 Å². The Bertz CT molecular complexity index is 783. The number of nitrogens with one attached hydrogen (secondary N) is 1. The normalized spacial score (nSPS) is 21.7. The van der Waals surface area contributed by atoms with Gasteiger partial charge >= 0.3 is 12.0 Å². The minimum atomic E-state index is -1.05. The van der Waals surface area contributed by atoms with Crippen LogP contribution < -0.4 is 14.8 Å². The first-order valence-electron chi connectivity index (χ1n) is 9.23. The molecule has 1 aromatic carbocycles. The second-order valence-electron chi connectivity index (χ2n) is 7.01. The third-order valence-corrected chi connectivity index (χ3v) is 5.41. The number of urea groups is 1. The maximum atomic E-state index is 13.1. The molecule has 3 amide bonds. The molecule has 0 saturated carbocycles. The molecule has 1 spiro atoms. The van der Waals surface area contributed by atoms with Gasteiger partial charge in [0.15, 0.2) is 0 Å². The van der Waals surface area contributed by atoms with Crippen molar-refractivity contribution < 1.29 is 29.0 Å². The lowest BCUT2D eigenvalue weighted by Crippen LogP contribution is -2.62. The number of anilines is 1. The van der Waals surface area contributed by atoms with E-state index in [1.807, 2.05) is 0 Å². The number of benzene rings is 1. The SMILES string of the molecule is COc1ccc(NC(=O)N2CCCC23CCCN(CC(=O)O)C3=O)c(OC)c1. The van der Waals surface area contributed by atoms with Gasteiger partial charge in [-0.05, 0) is 37.8 Å². The summed E-state index contributed by atoms with van der Waals surface area (Å²) in [6.07, 6.45) is 2.43. The number of piperidine rings is 1. The van der Waals surface area contributed by atoms with E-state index in [1.54, 1.807) is 30.2 Å². The maximum Gasteiger partial charge on any atom is 0.323 e. The van der Waals surface area contributed by atoms with Crippen molar-refractivity contribution in [3.05, 3.63) is 18.2 Å². The zero-order valence-electron chi connectivity index (χ0n) is 16.1. The Morgan fingerprint density at radius 1 is 1.18 bits per heavy atom. The molecule has 0 bridgehead atoms. The molecule has 0 radical (unpaired) electrons. The Balaban J connectivity index is 1.81. The monoisotopic (exact) mass is 391 g/mol. The van der Waals surface area contributed by atoms with Crippen LogP contribution in [0.25, 0.3) is 0 Å². The fraction of sp³-hybridized carbons (Fsp3) is 0.526. The van der Waals surface area contributed by atoms with Crippen LogP contribution in [0.3, 0.4) is 0 Å². The van der Waals surface area contributed by atoms with Crippen LogP contribution in [-0.2, 0) is 9.59 Å². The van der Waals surface area contributed by atoms with Crippen LogP contribution in [0.15, 0.2) is 18.2 Å². The van der Waals surface area contributed by atoms with Gasteiger partial charge in [-0.25, -0.2) is 4.79 Å². The first-order valence-corrected chi connectivity index (χ1v) is 9.23. The number of carbonyl (C=O) groups excluding carboxylic acids is 2. The summed E-state index contributed by atoms with van der Waals surface area (Å²) < 4.78 is 10.5. The van der Waals surface area contributed by atoms with Crippen LogP contribution in [0.1, 0.15) is 25.7 Å². The molecule has 0 aliphatic carbocycles. The summed E-state index contributed by atoms with van der Waals surface area (Å²) in [6.45, 7) is 0.494. The summed E-state index contributed by atoms with van der Waals surface area (Å²) in [7, 11) is 3.04. The minimum absolute atomic E-state index is 0.282. The number of amides is 3. The summed E-state index contributed by atoms with van der Waals surface area (Å²) in [6, 6.07) is 4.65. The number of carboxylic acids is 1. The molecule has 2 fully saturated rings. The lowest BCUT2D eigenvalue weighted by atomic mass is 9.85. The summed E-state index contributed by atoms with van der Waals surface area (Å²) in [5.41, 5.74) is -0.502. The zero-order valence-corrected chi connectivity index (χ0v) is 16.1. The van der Waals surface area contributed by atoms with Crippen LogP contribution in [-0.4, -0.2) is 72.2 Å². The molecule has 9 nitrogen and oxygen atoms in total. The molecule has 1 aromatic rings. The van der Waals surface area contributed by atoms with E-state index in [4.69, 9.17) is 14.6 Å². The van der Waals surface area contributed by atoms with E-state index >= 15 is 0 Å². The second-order valence-corrected chi connectivity index (χ2v) is 7.01. The van der Waals surface area contributed by atoms with Gasteiger partial charge in [0.05, 0.1) is 19.9 Å². The maximum absolute atomic E-state index is 13.1. The van der Waals surface area contributed by atoms with Gasteiger partial charge in [0.25, 0.3) is 0 Å². The molecule has 3 rings (SSSR count). The summed E-state index contributed by atoms with van der Waals surface area (Å²) in [4.78, 5) is 40.1. The Morgan fingerprint density at radius 2 is 1.89 bits per heavy atom. The topological polar surface area (TPSA) is 108 Å². The van der Waals surface area contributed by atoms with Crippen molar-refractivity contribution >= 4 is 23.6 Å². The second kappa shape index (κ2) is 7.95. The first-order chi connectivity index (χ1) is 13.4. The average molecular weight is 391 g/mol. The van der Waals surface area contributed by atoms with E-state index in [9.17, 15) is 14.4 Å². The molecule has 2 heterocycles. The van der Waals surface area contributed by atoms with Crippen molar-refractivity contribution in [2.24, 2.45) is 0 Å². The third-order valence-electron chi connectivity index (χ3n) is 5.41. The van der Waals surface area contributed by atoms with Gasteiger partial charge in [-0.2, -0.15) is 0 Å². The first kappa shape index (κ1) is 19.8. The predicted octanol–water partition coefficient (Wildman–Crippen LogP) is 1.78. The van der Waals surface area contributed by atoms with Gasteiger partial charge in [0.1, 0.15) is 23.6 Å². The summed E-state index contributed by atoms with van der Waals surface area (Å²) >= 11 is 0. The number of ether oxygens (including phenoxy) is 2. The molecular formula is C19H25N3O6. The van der Waals surface area contributed by atoms with Crippen LogP contribution in [0, 0.1) is 0 Å². The van der Waals surface area contributed by atoms with Gasteiger partial charge in [-0.15, -0.1) is 0 Å². The predicted molar refractivity (Wildman–Crippen MR) is 101 cm³/mol. The number of aliphatic carboxylic acids is 1. The number of rotatable bonds is 5. The van der Waals surface area contributed by atoms with Gasteiger partial charge in [0.2, 0.25) is 5.91 Å². The summed E-state index contributed by atoms with van der Waals surface area (Å²) in [5.74, 6) is -0.291. The summed E-state index contributed by atoms with van der Waals surface area (Å²) in [5, 5.41) is 11.9. The smallest absolute Gasteiger partial charge is 0.323 e. The number of methoxy groups -OCH3 is 2. The fourth-order valence-electron chi connectivity index (χ4n) is 4.12. The molecule has 0 aromatic heterocycles. The van der Waals surface area contributed by atoms with Gasteiger partial charge in [-0.3, -0.25) is 9.59 Å². The van der Waals surface area contributed by atoms with Crippen LogP contribution in [0.2, 0.25) is 0 Å². The molecule has 2 saturated heterocycles. The number of carboxylic acid groups (broad SMARTS) is 1. The lowest BCUT2D eigenvalue weighted by Gasteiger charge is -2.44. The Kier molecular flexibility index (Phi) is 5.62. The third kappa shape index (κ3) is 3.56. The van der Waals surface area contributed by atoms with Crippen molar-refractivity contribution in [3.8, 4) is 11.5 Å². The van der Waals surface area contributed by atoms with Crippen LogP contribution in [0.4, 0.5) is 10.5 Å². The molecule has 2 N–H and O–H groups in total. The van der Waals surface area contributed by atoms with E-state index in [-0.39, 0.29) is 12.5 Å². The Hall–Kier alpha value is -2.97. The zero-order chi connectivity index (χ0) is 20.3. The van der Waals surface area contributed by atoms with Gasteiger partial charge in [-0.1, -0.05) is 0 Å². The van der Waals surface area contributed by atoms with Crippen LogP contribution in [0.5, 0.6) is 11.5 Å². The highest BCUT2D eigenvalue weighted by molar-refractivity contribution is 5.98. The molecule has 152 valence electrons. The van der Waals surface area contributed by atoms with E-state index < -0.39 is 17.5 Å². The molecule has 2 aliphatic rings. The fourth-order valence-corrected chi connectivity index (χ4v) is 4.12. The van der Waals surface area contributed by atoms with E-state index in [0.717, 1.165) is 0 Å². The van der Waals surface area contributed by atoms with Crippen molar-refractivity contribution in [1.29, 1.82) is 0 Å². The Labute approximate surface area is 163 Å². The largest absolute Gasteiger partial charge is 0.497 e. The van der Waals surface area contributed by atoms with Crippen LogP contribution >= 0.6 is 0 Å². The quantitative estimate of drug-likeness (QED) is 0.792. The number of nitrogens with zero attached hydrogens (tertiary/aromatic N) is 2. The van der Waals surface area contributed by atoms with E-state index in [2.05, 4.69) is 5.32 Å². The van der Waals surface area contributed by atoms with E-state index in [0.29, 0.717) is 56.0 Å². The molecule has 2 aliphatic heterocycles. The lowest BCUT2D eigenvalue weighted by molar-refractivity contribution is -0.152. The highest BCUT2D eigenvalue weighted by atomic mass is 16.5. The number of hydrogen-bond acceptors (Lipinski definition) is 5. The standard InChI is InChI=1S/C19H25N3O6/c1-27-13-5-6-14(15(11-13)28-2)20-18(26)22-10-4-8-19(22)7-3-9-21(17(19)25)12-16(23)24/h5-6,11H,3-4,7-10,12H2,1-2H3,(H,20,26)(H,23,24).